The molecule has 0 radical (unpaired) electrons. The molecule has 0 fully saturated rings. The monoisotopic (exact) mass is 336 g/mol. The lowest BCUT2D eigenvalue weighted by atomic mass is 10.1. The summed E-state index contributed by atoms with van der Waals surface area (Å²) in [6.07, 6.45) is 0.891. The van der Waals surface area contributed by atoms with Crippen LogP contribution in [0.1, 0.15) is 27.7 Å². The molecular formula is C19H16N2O2S. The average molecular weight is 336 g/mol. The maximum atomic E-state index is 12.4. The van der Waals surface area contributed by atoms with Gasteiger partial charge in [-0.1, -0.05) is 24.3 Å². The number of hydrogen-bond acceptors (Lipinski definition) is 4. The van der Waals surface area contributed by atoms with Gasteiger partial charge in [0, 0.05) is 22.4 Å². The van der Waals surface area contributed by atoms with Crippen molar-refractivity contribution in [1.29, 1.82) is 0 Å². The fourth-order valence-electron chi connectivity index (χ4n) is 2.85. The van der Waals surface area contributed by atoms with E-state index in [9.17, 15) is 4.79 Å². The Hall–Kier alpha value is -2.66. The molecule has 0 saturated carbocycles. The Morgan fingerprint density at radius 3 is 2.79 bits per heavy atom. The number of fused-ring (bicyclic) bond motifs is 3. The lowest BCUT2D eigenvalue weighted by Gasteiger charge is -2.05. The minimum atomic E-state index is -0.154. The van der Waals surface area contributed by atoms with Gasteiger partial charge in [0.1, 0.15) is 5.75 Å². The molecule has 1 aliphatic carbocycles. The Bertz CT molecular complexity index is 900. The summed E-state index contributed by atoms with van der Waals surface area (Å²) in [5.41, 5.74) is 4.06. The number of ether oxygens (including phenoxy) is 1. The van der Waals surface area contributed by atoms with Crippen molar-refractivity contribution in [3.63, 3.8) is 0 Å². The van der Waals surface area contributed by atoms with Gasteiger partial charge in [-0.25, -0.2) is 4.98 Å². The lowest BCUT2D eigenvalue weighted by Crippen LogP contribution is -2.11. The van der Waals surface area contributed by atoms with Gasteiger partial charge in [0.2, 0.25) is 0 Å². The summed E-state index contributed by atoms with van der Waals surface area (Å²) in [5.74, 6) is 0.609. The van der Waals surface area contributed by atoms with E-state index in [1.165, 1.54) is 16.0 Å². The zero-order valence-corrected chi connectivity index (χ0v) is 14.0. The highest BCUT2D eigenvalue weighted by atomic mass is 32.1. The van der Waals surface area contributed by atoms with Crippen LogP contribution in [0.25, 0.3) is 11.3 Å². The number of hydrogen-bond donors (Lipinski definition) is 1. The standard InChI is InChI=1S/C19H16N2O2S/c1-2-23-14-9-7-12(8-10-14)18(22)21-19-20-17-15-6-4-3-5-13(15)11-16(17)24-19/h3-10H,2,11H2,1H3,(H,20,21,22). The van der Waals surface area contributed by atoms with Crippen LogP contribution in [0.2, 0.25) is 0 Å². The van der Waals surface area contributed by atoms with Crippen LogP contribution in [-0.2, 0) is 6.42 Å². The molecule has 2 aromatic carbocycles. The molecule has 0 bridgehead atoms. The second-order valence-corrected chi connectivity index (χ2v) is 6.62. The fourth-order valence-corrected chi connectivity index (χ4v) is 3.85. The van der Waals surface area contributed by atoms with Gasteiger partial charge in [0.05, 0.1) is 12.3 Å². The third kappa shape index (κ3) is 2.67. The molecule has 4 rings (SSSR count). The predicted molar refractivity (Wildman–Crippen MR) is 95.9 cm³/mol. The number of thiazole rings is 1. The Balaban J connectivity index is 1.52. The van der Waals surface area contributed by atoms with Gasteiger partial charge in [-0.05, 0) is 36.8 Å². The summed E-state index contributed by atoms with van der Waals surface area (Å²) in [6.45, 7) is 2.54. The van der Waals surface area contributed by atoms with Crippen molar-refractivity contribution in [2.75, 3.05) is 11.9 Å². The molecule has 1 heterocycles. The third-order valence-electron chi connectivity index (χ3n) is 3.97. The summed E-state index contributed by atoms with van der Waals surface area (Å²) >= 11 is 1.55. The first-order valence-corrected chi connectivity index (χ1v) is 8.68. The highest BCUT2D eigenvalue weighted by Crippen LogP contribution is 2.40. The summed E-state index contributed by atoms with van der Waals surface area (Å²) in [4.78, 5) is 18.2. The van der Waals surface area contributed by atoms with Gasteiger partial charge in [-0.3, -0.25) is 10.1 Å². The highest BCUT2D eigenvalue weighted by Gasteiger charge is 2.23. The van der Waals surface area contributed by atoms with Crippen LogP contribution >= 0.6 is 11.3 Å². The molecule has 0 saturated heterocycles. The van der Waals surface area contributed by atoms with Crippen molar-refractivity contribution in [2.24, 2.45) is 0 Å². The second kappa shape index (κ2) is 6.09. The molecule has 0 aliphatic heterocycles. The van der Waals surface area contributed by atoms with Crippen molar-refractivity contribution in [2.45, 2.75) is 13.3 Å². The Morgan fingerprint density at radius 2 is 2.00 bits per heavy atom. The van der Waals surface area contributed by atoms with E-state index in [-0.39, 0.29) is 5.91 Å². The number of amides is 1. The van der Waals surface area contributed by atoms with E-state index >= 15 is 0 Å². The summed E-state index contributed by atoms with van der Waals surface area (Å²) in [7, 11) is 0. The van der Waals surface area contributed by atoms with E-state index in [1.807, 2.05) is 19.1 Å². The fraction of sp³-hybridized carbons (Fsp3) is 0.158. The van der Waals surface area contributed by atoms with Crippen LogP contribution in [0.5, 0.6) is 5.75 Å². The smallest absolute Gasteiger partial charge is 0.257 e. The molecule has 4 nitrogen and oxygen atoms in total. The van der Waals surface area contributed by atoms with Gasteiger partial charge in [-0.15, -0.1) is 11.3 Å². The largest absolute Gasteiger partial charge is 0.494 e. The first-order valence-electron chi connectivity index (χ1n) is 7.87. The summed E-state index contributed by atoms with van der Waals surface area (Å²) in [5, 5.41) is 3.54. The zero-order chi connectivity index (χ0) is 16.5. The Kier molecular flexibility index (Phi) is 3.78. The van der Waals surface area contributed by atoms with Crippen LogP contribution in [0.15, 0.2) is 48.5 Å². The molecule has 120 valence electrons. The van der Waals surface area contributed by atoms with Gasteiger partial charge >= 0.3 is 0 Å². The van der Waals surface area contributed by atoms with Crippen LogP contribution in [-0.4, -0.2) is 17.5 Å². The minimum absolute atomic E-state index is 0.154. The van der Waals surface area contributed by atoms with E-state index in [1.54, 1.807) is 35.6 Å². The number of nitrogens with one attached hydrogen (secondary N) is 1. The summed E-state index contributed by atoms with van der Waals surface area (Å²) < 4.78 is 5.39. The molecule has 1 aliphatic rings. The molecule has 1 amide bonds. The number of rotatable bonds is 4. The molecule has 1 N–H and O–H groups in total. The first kappa shape index (κ1) is 14.9. The predicted octanol–water partition coefficient (Wildman–Crippen LogP) is 4.37. The molecule has 0 atom stereocenters. The van der Waals surface area contributed by atoms with Crippen LogP contribution in [0.4, 0.5) is 5.13 Å². The van der Waals surface area contributed by atoms with E-state index < -0.39 is 0 Å². The number of nitrogens with zero attached hydrogens (tertiary/aromatic N) is 1. The molecule has 5 heteroatoms. The number of carbonyl (C=O) groups excluding carboxylic acids is 1. The molecular weight excluding hydrogens is 320 g/mol. The first-order chi connectivity index (χ1) is 11.7. The SMILES string of the molecule is CCOc1ccc(C(=O)Nc2nc3c(s2)Cc2ccccc2-3)cc1. The molecule has 1 aromatic heterocycles. The van der Waals surface area contributed by atoms with E-state index in [0.717, 1.165) is 17.9 Å². The zero-order valence-electron chi connectivity index (χ0n) is 13.2. The number of aromatic nitrogens is 1. The van der Waals surface area contributed by atoms with Gasteiger partial charge in [0.25, 0.3) is 5.91 Å². The lowest BCUT2D eigenvalue weighted by molar-refractivity contribution is 0.102. The van der Waals surface area contributed by atoms with Crippen molar-refractivity contribution in [1.82, 2.24) is 4.98 Å². The average Bonchev–Trinajstić information content (AvgIpc) is 3.13. The number of anilines is 1. The highest BCUT2D eigenvalue weighted by molar-refractivity contribution is 7.16. The van der Waals surface area contributed by atoms with Gasteiger partial charge < -0.3 is 4.74 Å². The van der Waals surface area contributed by atoms with Gasteiger partial charge in [-0.2, -0.15) is 0 Å². The minimum Gasteiger partial charge on any atom is -0.494 e. The van der Waals surface area contributed by atoms with Crippen molar-refractivity contribution in [3.05, 3.63) is 64.5 Å². The Labute approximate surface area is 144 Å². The van der Waals surface area contributed by atoms with Gasteiger partial charge in [0.15, 0.2) is 5.13 Å². The van der Waals surface area contributed by atoms with Crippen LogP contribution < -0.4 is 10.1 Å². The second-order valence-electron chi connectivity index (χ2n) is 5.54. The van der Waals surface area contributed by atoms with Crippen molar-refractivity contribution >= 4 is 22.4 Å². The molecule has 0 spiro atoms. The maximum absolute atomic E-state index is 12.4. The van der Waals surface area contributed by atoms with Crippen molar-refractivity contribution < 1.29 is 9.53 Å². The van der Waals surface area contributed by atoms with E-state index in [2.05, 4.69) is 22.4 Å². The topological polar surface area (TPSA) is 51.2 Å². The van der Waals surface area contributed by atoms with Crippen molar-refractivity contribution in [3.8, 4) is 17.0 Å². The summed E-state index contributed by atoms with van der Waals surface area (Å²) in [6, 6.07) is 15.4. The number of benzene rings is 2. The molecule has 24 heavy (non-hydrogen) atoms. The van der Waals surface area contributed by atoms with Crippen LogP contribution in [0, 0.1) is 0 Å². The quantitative estimate of drug-likeness (QED) is 0.602. The van der Waals surface area contributed by atoms with E-state index in [0.29, 0.717) is 17.3 Å². The molecule has 3 aromatic rings. The van der Waals surface area contributed by atoms with E-state index in [4.69, 9.17) is 4.74 Å². The Morgan fingerprint density at radius 1 is 1.21 bits per heavy atom. The normalized spacial score (nSPS) is 11.7. The maximum Gasteiger partial charge on any atom is 0.257 e. The third-order valence-corrected chi connectivity index (χ3v) is 4.94. The number of carbonyl (C=O) groups is 1. The molecule has 0 unspecified atom stereocenters. The van der Waals surface area contributed by atoms with Crippen LogP contribution in [0.3, 0.4) is 0 Å².